The second-order valence-corrected chi connectivity index (χ2v) is 5.89. The first-order chi connectivity index (χ1) is 10.6. The quantitative estimate of drug-likeness (QED) is 0.907. The minimum absolute atomic E-state index is 0.283. The number of nitrogens with zero attached hydrogens (tertiary/aromatic N) is 3. The maximum Gasteiger partial charge on any atom is 0.228 e. The Bertz CT molecular complexity index is 673. The maximum atomic E-state index is 4.51. The van der Waals surface area contributed by atoms with E-state index in [1.807, 2.05) is 7.05 Å². The number of hydrogen-bond donors (Lipinski definition) is 2. The van der Waals surface area contributed by atoms with Gasteiger partial charge in [0, 0.05) is 13.5 Å². The summed E-state index contributed by atoms with van der Waals surface area (Å²) < 4.78 is 0. The predicted molar refractivity (Wildman–Crippen MR) is 89.4 cm³/mol. The van der Waals surface area contributed by atoms with Gasteiger partial charge in [0.25, 0.3) is 0 Å². The van der Waals surface area contributed by atoms with Gasteiger partial charge >= 0.3 is 0 Å². The Morgan fingerprint density at radius 1 is 1.14 bits per heavy atom. The molecule has 0 fully saturated rings. The molecular weight excluding hydrogens is 274 g/mol. The Labute approximate surface area is 131 Å². The van der Waals surface area contributed by atoms with E-state index < -0.39 is 0 Å². The van der Waals surface area contributed by atoms with Crippen LogP contribution in [0.15, 0.2) is 12.1 Å². The van der Waals surface area contributed by atoms with Gasteiger partial charge in [-0.05, 0) is 43.4 Å². The highest BCUT2D eigenvalue weighted by Gasteiger charge is 2.25. The molecular formula is C17H23N5. The van der Waals surface area contributed by atoms with E-state index in [1.54, 1.807) is 0 Å². The van der Waals surface area contributed by atoms with Crippen LogP contribution in [0.1, 0.15) is 47.5 Å². The number of hydrogen-bond acceptors (Lipinski definition) is 5. The summed E-state index contributed by atoms with van der Waals surface area (Å²) in [5, 5.41) is 6.50. The van der Waals surface area contributed by atoms with Crippen molar-refractivity contribution < 1.29 is 0 Å². The third kappa shape index (κ3) is 2.75. The second-order valence-electron chi connectivity index (χ2n) is 5.89. The van der Waals surface area contributed by atoms with Crippen LogP contribution in [-0.4, -0.2) is 22.0 Å². The van der Waals surface area contributed by atoms with Crippen molar-refractivity contribution in [3.05, 3.63) is 40.2 Å². The monoisotopic (exact) mass is 297 g/mol. The highest BCUT2D eigenvalue weighted by atomic mass is 15.2. The van der Waals surface area contributed by atoms with Crippen molar-refractivity contribution in [2.24, 2.45) is 0 Å². The van der Waals surface area contributed by atoms with Crippen LogP contribution >= 0.6 is 0 Å². The molecule has 0 amide bonds. The van der Waals surface area contributed by atoms with Crippen molar-refractivity contribution in [2.45, 2.75) is 46.1 Å². The van der Waals surface area contributed by atoms with Gasteiger partial charge < -0.3 is 10.6 Å². The van der Waals surface area contributed by atoms with Crippen LogP contribution in [0.2, 0.25) is 0 Å². The lowest BCUT2D eigenvalue weighted by atomic mass is 10.00. The van der Waals surface area contributed by atoms with E-state index in [0.29, 0.717) is 11.9 Å². The van der Waals surface area contributed by atoms with Gasteiger partial charge in [-0.2, -0.15) is 15.0 Å². The first kappa shape index (κ1) is 14.8. The summed E-state index contributed by atoms with van der Waals surface area (Å²) in [6.07, 6.45) is 3.00. The molecule has 1 atom stereocenters. The highest BCUT2D eigenvalue weighted by Crippen LogP contribution is 2.35. The molecule has 1 aromatic carbocycles. The van der Waals surface area contributed by atoms with Crippen LogP contribution in [0.3, 0.4) is 0 Å². The molecule has 22 heavy (non-hydrogen) atoms. The third-order valence-electron chi connectivity index (χ3n) is 4.24. The molecule has 5 heteroatoms. The molecule has 1 unspecified atom stereocenters. The summed E-state index contributed by atoms with van der Waals surface area (Å²) in [6.45, 7) is 6.40. The minimum atomic E-state index is 0.283. The Morgan fingerprint density at radius 3 is 2.64 bits per heavy atom. The van der Waals surface area contributed by atoms with Crippen molar-refractivity contribution in [3.63, 3.8) is 0 Å². The van der Waals surface area contributed by atoms with Crippen molar-refractivity contribution in [2.75, 3.05) is 17.7 Å². The second kappa shape index (κ2) is 5.91. The third-order valence-corrected chi connectivity index (χ3v) is 4.24. The highest BCUT2D eigenvalue weighted by molar-refractivity contribution is 5.47. The van der Waals surface area contributed by atoms with Gasteiger partial charge in [-0.25, -0.2) is 0 Å². The van der Waals surface area contributed by atoms with E-state index in [1.165, 1.54) is 22.3 Å². The average Bonchev–Trinajstić information content (AvgIpc) is 2.90. The number of anilines is 2. The van der Waals surface area contributed by atoms with Crippen molar-refractivity contribution in [3.8, 4) is 0 Å². The van der Waals surface area contributed by atoms with Crippen LogP contribution in [0, 0.1) is 13.8 Å². The molecule has 1 aliphatic rings. The van der Waals surface area contributed by atoms with Crippen molar-refractivity contribution >= 4 is 11.9 Å². The largest absolute Gasteiger partial charge is 0.357 e. The Balaban J connectivity index is 1.90. The number of fused-ring (bicyclic) bond motifs is 1. The molecule has 1 aliphatic carbocycles. The molecule has 2 aromatic rings. The normalized spacial score (nSPS) is 16.5. The predicted octanol–water partition coefficient (Wildman–Crippen LogP) is 3.19. The zero-order valence-corrected chi connectivity index (χ0v) is 13.7. The molecule has 0 bridgehead atoms. The molecule has 0 aliphatic heterocycles. The molecule has 1 aromatic heterocycles. The van der Waals surface area contributed by atoms with E-state index >= 15 is 0 Å². The van der Waals surface area contributed by atoms with Crippen LogP contribution in [0.5, 0.6) is 0 Å². The summed E-state index contributed by atoms with van der Waals surface area (Å²) in [6, 6.07) is 4.83. The molecule has 3 rings (SSSR count). The average molecular weight is 297 g/mol. The van der Waals surface area contributed by atoms with Crippen LogP contribution in [0.4, 0.5) is 11.9 Å². The molecule has 2 N–H and O–H groups in total. The lowest BCUT2D eigenvalue weighted by Gasteiger charge is -2.16. The standard InChI is InChI=1S/C17H23N5/c1-5-15-20-16(18-4)22-17(21-15)19-14-7-6-12-11(3)8-10(2)9-13(12)14/h8-9,14H,5-7H2,1-4H3,(H2,18,19,20,21,22). The topological polar surface area (TPSA) is 62.7 Å². The fraction of sp³-hybridized carbons (Fsp3) is 0.471. The molecule has 1 heterocycles. The fourth-order valence-corrected chi connectivity index (χ4v) is 3.19. The molecule has 0 saturated heterocycles. The van der Waals surface area contributed by atoms with E-state index in [-0.39, 0.29) is 6.04 Å². The Kier molecular flexibility index (Phi) is 3.96. The van der Waals surface area contributed by atoms with Gasteiger partial charge in [0.2, 0.25) is 11.9 Å². The smallest absolute Gasteiger partial charge is 0.228 e. The first-order valence-electron chi connectivity index (χ1n) is 7.90. The van der Waals surface area contributed by atoms with Gasteiger partial charge in [0.1, 0.15) is 5.82 Å². The minimum Gasteiger partial charge on any atom is -0.357 e. The van der Waals surface area contributed by atoms with Gasteiger partial charge in [-0.3, -0.25) is 0 Å². The van der Waals surface area contributed by atoms with Crippen LogP contribution in [0.25, 0.3) is 0 Å². The van der Waals surface area contributed by atoms with Gasteiger partial charge in [0.05, 0.1) is 6.04 Å². The number of benzene rings is 1. The van der Waals surface area contributed by atoms with Gasteiger partial charge in [-0.15, -0.1) is 0 Å². The number of aryl methyl sites for hydroxylation is 3. The molecule has 0 spiro atoms. The summed E-state index contributed by atoms with van der Waals surface area (Å²) in [5.41, 5.74) is 5.56. The lowest BCUT2D eigenvalue weighted by molar-refractivity contribution is 0.744. The number of rotatable bonds is 4. The maximum absolute atomic E-state index is 4.51. The fourth-order valence-electron chi connectivity index (χ4n) is 3.19. The van der Waals surface area contributed by atoms with Crippen LogP contribution < -0.4 is 10.6 Å². The summed E-state index contributed by atoms with van der Waals surface area (Å²) >= 11 is 0. The zero-order chi connectivity index (χ0) is 15.7. The Morgan fingerprint density at radius 2 is 1.91 bits per heavy atom. The molecule has 0 radical (unpaired) electrons. The molecule has 116 valence electrons. The van der Waals surface area contributed by atoms with E-state index in [9.17, 15) is 0 Å². The first-order valence-corrected chi connectivity index (χ1v) is 7.90. The van der Waals surface area contributed by atoms with Gasteiger partial charge in [0.15, 0.2) is 0 Å². The van der Waals surface area contributed by atoms with Crippen molar-refractivity contribution in [1.29, 1.82) is 0 Å². The number of nitrogens with one attached hydrogen (secondary N) is 2. The lowest BCUT2D eigenvalue weighted by Crippen LogP contribution is -2.13. The summed E-state index contributed by atoms with van der Waals surface area (Å²) in [4.78, 5) is 13.3. The van der Waals surface area contributed by atoms with E-state index in [4.69, 9.17) is 0 Å². The van der Waals surface area contributed by atoms with E-state index in [2.05, 4.69) is 58.5 Å². The van der Waals surface area contributed by atoms with Gasteiger partial charge in [-0.1, -0.05) is 24.6 Å². The Hall–Kier alpha value is -2.17. The SMILES string of the molecule is CCc1nc(NC)nc(NC2CCc3c(C)cc(C)cc32)n1. The summed E-state index contributed by atoms with van der Waals surface area (Å²) in [5.74, 6) is 2.08. The van der Waals surface area contributed by atoms with Crippen molar-refractivity contribution in [1.82, 2.24) is 15.0 Å². The summed E-state index contributed by atoms with van der Waals surface area (Å²) in [7, 11) is 1.83. The zero-order valence-electron chi connectivity index (χ0n) is 13.7. The van der Waals surface area contributed by atoms with Crippen LogP contribution in [-0.2, 0) is 12.8 Å². The molecule has 5 nitrogen and oxygen atoms in total. The van der Waals surface area contributed by atoms with E-state index in [0.717, 1.165) is 25.1 Å². The molecule has 0 saturated carbocycles. The number of aromatic nitrogens is 3.